The lowest BCUT2D eigenvalue weighted by Crippen LogP contribution is -2.22. The van der Waals surface area contributed by atoms with Gasteiger partial charge in [-0.1, -0.05) is 230 Å². The van der Waals surface area contributed by atoms with E-state index in [2.05, 4.69) is 69.3 Å². The van der Waals surface area contributed by atoms with Crippen molar-refractivity contribution in [2.75, 3.05) is 0 Å². The Kier molecular flexibility index (Phi) is 22.0. The highest BCUT2D eigenvalue weighted by atomic mass is 14.4. The third kappa shape index (κ3) is 17.1. The van der Waals surface area contributed by atoms with E-state index in [1.54, 1.807) is 32.1 Å². The fourth-order valence-corrected chi connectivity index (χ4v) is 11.2. The standard InChI is InChI=1S/C51H86/c1-4-6-8-9-13-25-44-26-14-11-15-27-45(29-19-28-44)30-20-35-48-38-22-39-49-40-23-41-50-32-16-10-12-24-43(3)42-51(50)34-18-17-33-47(49)37-21-36-46(48)31-7-5-2/h11,14-15,19,26-29,43,46-51H,4-10,12-13,16-18,20-25,30-42H2,1-3H3. The second-order valence-corrected chi connectivity index (χ2v) is 18.4. The molecule has 0 bridgehead atoms. The highest BCUT2D eigenvalue weighted by Crippen LogP contribution is 2.42. The monoisotopic (exact) mass is 699 g/mol. The zero-order chi connectivity index (χ0) is 35.8. The van der Waals surface area contributed by atoms with Crippen LogP contribution in [0.15, 0.2) is 48.5 Å². The number of unbranched alkanes of at least 4 members (excludes halogenated alkanes) is 5. The van der Waals surface area contributed by atoms with Gasteiger partial charge in [-0.3, -0.25) is 0 Å². The molecule has 1 aromatic rings. The Balaban J connectivity index is 1.34. The molecule has 7 unspecified atom stereocenters. The topological polar surface area (TPSA) is 0 Å². The van der Waals surface area contributed by atoms with Crippen molar-refractivity contribution < 1.29 is 0 Å². The SMILES string of the molecule is CCCCCCCc1cccccc(CCCC2CCCC3CCCC4CCCCCC(C)CC4CCCCC3CCCC2CCCC)ccc1. The van der Waals surface area contributed by atoms with Crippen LogP contribution in [0.5, 0.6) is 0 Å². The van der Waals surface area contributed by atoms with Gasteiger partial charge in [-0.15, -0.1) is 0 Å². The maximum atomic E-state index is 2.58. The zero-order valence-electron chi connectivity index (χ0n) is 34.6. The average molecular weight is 699 g/mol. The number of fused-ring (bicyclic) bond motifs is 2. The van der Waals surface area contributed by atoms with Crippen LogP contribution in [0.1, 0.15) is 218 Å². The lowest BCUT2D eigenvalue weighted by molar-refractivity contribution is 0.181. The van der Waals surface area contributed by atoms with Crippen LogP contribution in [0, 0.1) is 41.4 Å². The Labute approximate surface area is 319 Å². The molecule has 3 fully saturated rings. The molecule has 0 spiro atoms. The summed E-state index contributed by atoms with van der Waals surface area (Å²) >= 11 is 0. The molecule has 0 aliphatic heterocycles. The molecule has 3 aliphatic rings. The van der Waals surface area contributed by atoms with Crippen molar-refractivity contribution in [2.45, 2.75) is 220 Å². The molecule has 1 aromatic carbocycles. The lowest BCUT2D eigenvalue weighted by atomic mass is 9.72. The van der Waals surface area contributed by atoms with E-state index in [1.807, 2.05) is 0 Å². The summed E-state index contributed by atoms with van der Waals surface area (Å²) in [6.07, 6.45) is 45.2. The van der Waals surface area contributed by atoms with Gasteiger partial charge in [0.15, 0.2) is 0 Å². The van der Waals surface area contributed by atoms with E-state index in [-0.39, 0.29) is 0 Å². The maximum Gasteiger partial charge on any atom is -0.0279 e. The predicted octanol–water partition coefficient (Wildman–Crippen LogP) is 16.6. The number of rotatable bonds is 13. The Morgan fingerprint density at radius 1 is 0.412 bits per heavy atom. The Morgan fingerprint density at radius 2 is 0.882 bits per heavy atom. The second kappa shape index (κ2) is 26.5. The molecule has 3 aliphatic carbocycles. The van der Waals surface area contributed by atoms with Crippen LogP contribution in [0.4, 0.5) is 0 Å². The molecule has 0 heterocycles. The van der Waals surface area contributed by atoms with Crippen LogP contribution in [0.2, 0.25) is 0 Å². The van der Waals surface area contributed by atoms with Crippen molar-refractivity contribution in [1.29, 1.82) is 0 Å². The van der Waals surface area contributed by atoms with Crippen LogP contribution < -0.4 is 0 Å². The van der Waals surface area contributed by atoms with Gasteiger partial charge >= 0.3 is 0 Å². The summed E-state index contributed by atoms with van der Waals surface area (Å²) in [5.41, 5.74) is 3.00. The first-order valence-corrected chi connectivity index (χ1v) is 23.6. The van der Waals surface area contributed by atoms with Gasteiger partial charge in [-0.25, -0.2) is 0 Å². The first-order valence-electron chi connectivity index (χ1n) is 23.6. The normalized spacial score (nSPS) is 28.7. The summed E-state index contributed by atoms with van der Waals surface area (Å²) in [5, 5.41) is 0. The van der Waals surface area contributed by atoms with Crippen molar-refractivity contribution in [3.8, 4) is 0 Å². The summed E-state index contributed by atoms with van der Waals surface area (Å²) in [6.45, 7) is 7.30. The van der Waals surface area contributed by atoms with Gasteiger partial charge < -0.3 is 0 Å². The first kappa shape index (κ1) is 42.4. The molecule has 7 atom stereocenters. The van der Waals surface area contributed by atoms with Gasteiger partial charge in [0.2, 0.25) is 0 Å². The summed E-state index contributed by atoms with van der Waals surface area (Å²) in [7, 11) is 0. The Morgan fingerprint density at radius 3 is 1.53 bits per heavy atom. The number of hydrogen-bond acceptors (Lipinski definition) is 0. The van der Waals surface area contributed by atoms with Gasteiger partial charge in [0.05, 0.1) is 0 Å². The van der Waals surface area contributed by atoms with Crippen LogP contribution in [0.25, 0.3) is 0 Å². The quantitative estimate of drug-likeness (QED) is 0.180. The minimum atomic E-state index is 0.944. The Hall–Kier alpha value is -1.30. The molecule has 0 saturated heterocycles. The van der Waals surface area contributed by atoms with E-state index in [1.165, 1.54) is 178 Å². The van der Waals surface area contributed by atoms with Crippen molar-refractivity contribution in [3.63, 3.8) is 0 Å². The maximum absolute atomic E-state index is 2.58. The molecule has 0 amide bonds. The van der Waals surface area contributed by atoms with E-state index in [9.17, 15) is 0 Å². The summed E-state index contributed by atoms with van der Waals surface area (Å²) in [4.78, 5) is 0. The van der Waals surface area contributed by atoms with E-state index in [0.717, 1.165) is 41.4 Å². The van der Waals surface area contributed by atoms with Gasteiger partial charge in [0.25, 0.3) is 0 Å². The van der Waals surface area contributed by atoms with E-state index < -0.39 is 0 Å². The molecule has 0 aromatic heterocycles. The molecular formula is C51H86. The molecular weight excluding hydrogens is 613 g/mol. The van der Waals surface area contributed by atoms with E-state index in [4.69, 9.17) is 0 Å². The fraction of sp³-hybridized carbons (Fsp3) is 0.804. The third-order valence-corrected chi connectivity index (χ3v) is 14.3. The van der Waals surface area contributed by atoms with Crippen molar-refractivity contribution in [3.05, 3.63) is 59.7 Å². The molecule has 4 rings (SSSR count). The Bertz CT molecular complexity index is 1050. The highest BCUT2D eigenvalue weighted by Gasteiger charge is 2.29. The van der Waals surface area contributed by atoms with Crippen molar-refractivity contribution in [2.24, 2.45) is 41.4 Å². The smallest absolute Gasteiger partial charge is 0.0279 e. The summed E-state index contributed by atoms with van der Waals surface area (Å²) in [6, 6.07) is 18.7. The highest BCUT2D eigenvalue weighted by molar-refractivity contribution is 5.17. The largest absolute Gasteiger partial charge is 0.0654 e. The lowest BCUT2D eigenvalue weighted by Gasteiger charge is -2.34. The molecule has 290 valence electrons. The van der Waals surface area contributed by atoms with Crippen LogP contribution in [0.3, 0.4) is 0 Å². The van der Waals surface area contributed by atoms with Gasteiger partial charge in [-0.05, 0) is 91.1 Å². The number of aryl methyl sites for hydroxylation is 2. The second-order valence-electron chi connectivity index (χ2n) is 18.4. The molecule has 51 heavy (non-hydrogen) atoms. The summed E-state index contributed by atoms with van der Waals surface area (Å²) < 4.78 is 0. The van der Waals surface area contributed by atoms with Crippen LogP contribution in [-0.4, -0.2) is 0 Å². The predicted molar refractivity (Wildman–Crippen MR) is 227 cm³/mol. The van der Waals surface area contributed by atoms with Crippen LogP contribution in [-0.2, 0) is 12.8 Å². The fourth-order valence-electron chi connectivity index (χ4n) is 11.2. The van der Waals surface area contributed by atoms with Gasteiger partial charge in [-0.2, -0.15) is 0 Å². The molecule has 0 N–H and O–H groups in total. The van der Waals surface area contributed by atoms with E-state index >= 15 is 0 Å². The molecule has 0 radical (unpaired) electrons. The van der Waals surface area contributed by atoms with Crippen molar-refractivity contribution in [1.82, 2.24) is 0 Å². The first-order chi connectivity index (χ1) is 25.2. The molecule has 0 nitrogen and oxygen atoms in total. The van der Waals surface area contributed by atoms with Gasteiger partial charge in [0.1, 0.15) is 0 Å². The molecule has 3 saturated carbocycles. The van der Waals surface area contributed by atoms with Gasteiger partial charge in [0, 0.05) is 0 Å². The van der Waals surface area contributed by atoms with Crippen LogP contribution >= 0.6 is 0 Å². The molecule has 0 heteroatoms. The number of hydrogen-bond donors (Lipinski definition) is 0. The minimum Gasteiger partial charge on any atom is -0.0654 e. The summed E-state index contributed by atoms with van der Waals surface area (Å²) in [5.74, 6) is 6.97. The average Bonchev–Trinajstić information content (AvgIpc) is 3.19. The zero-order valence-corrected chi connectivity index (χ0v) is 34.6. The minimum absolute atomic E-state index is 0.944. The van der Waals surface area contributed by atoms with Crippen molar-refractivity contribution >= 4 is 0 Å². The van der Waals surface area contributed by atoms with E-state index in [0.29, 0.717) is 0 Å². The third-order valence-electron chi connectivity index (χ3n) is 14.3.